The van der Waals surface area contributed by atoms with Crippen LogP contribution >= 0.6 is 0 Å². The Balaban J connectivity index is 2.48. The molecule has 0 aliphatic carbocycles. The first kappa shape index (κ1) is 12.4. The van der Waals surface area contributed by atoms with Gasteiger partial charge in [0.2, 0.25) is 0 Å². The zero-order valence-electron chi connectivity index (χ0n) is 10.7. The zero-order chi connectivity index (χ0) is 13.0. The molecule has 0 atom stereocenters. The Kier molecular flexibility index (Phi) is 3.82. The molecule has 18 heavy (non-hydrogen) atoms. The first-order valence-corrected chi connectivity index (χ1v) is 6.20. The third kappa shape index (κ3) is 2.30. The van der Waals surface area contributed by atoms with E-state index in [-0.39, 0.29) is 5.78 Å². The van der Waals surface area contributed by atoms with Crippen LogP contribution in [0.4, 0.5) is 0 Å². The van der Waals surface area contributed by atoms with E-state index in [1.54, 1.807) is 24.5 Å². The van der Waals surface area contributed by atoms with Crippen LogP contribution in [0.15, 0.2) is 36.7 Å². The van der Waals surface area contributed by atoms with Crippen LogP contribution in [0.3, 0.4) is 0 Å². The van der Waals surface area contributed by atoms with Crippen molar-refractivity contribution >= 4 is 5.78 Å². The molecule has 3 heteroatoms. The Morgan fingerprint density at radius 2 is 1.39 bits per heavy atom. The van der Waals surface area contributed by atoms with Crippen molar-refractivity contribution in [3.05, 3.63) is 59.2 Å². The van der Waals surface area contributed by atoms with Gasteiger partial charge in [0.05, 0.1) is 11.4 Å². The molecule has 0 bridgehead atoms. The fourth-order valence-electron chi connectivity index (χ4n) is 2.00. The molecule has 2 rings (SSSR count). The molecule has 0 saturated heterocycles. The van der Waals surface area contributed by atoms with Crippen molar-refractivity contribution in [3.8, 4) is 0 Å². The van der Waals surface area contributed by atoms with E-state index < -0.39 is 0 Å². The van der Waals surface area contributed by atoms with E-state index >= 15 is 0 Å². The van der Waals surface area contributed by atoms with Crippen LogP contribution in [0.5, 0.6) is 0 Å². The molecule has 2 aromatic heterocycles. The summed E-state index contributed by atoms with van der Waals surface area (Å²) in [6.45, 7) is 4.01. The Morgan fingerprint density at radius 1 is 0.944 bits per heavy atom. The molecular formula is C15H16N2O. The van der Waals surface area contributed by atoms with E-state index in [2.05, 4.69) is 9.97 Å². The fourth-order valence-corrected chi connectivity index (χ4v) is 2.00. The van der Waals surface area contributed by atoms with Crippen molar-refractivity contribution in [3.63, 3.8) is 0 Å². The first-order valence-electron chi connectivity index (χ1n) is 6.20. The van der Waals surface area contributed by atoms with E-state index in [0.29, 0.717) is 11.1 Å². The summed E-state index contributed by atoms with van der Waals surface area (Å²) in [6, 6.07) is 7.27. The molecule has 3 nitrogen and oxygen atoms in total. The molecule has 0 saturated carbocycles. The molecule has 0 unspecified atom stereocenters. The van der Waals surface area contributed by atoms with Crippen molar-refractivity contribution in [2.45, 2.75) is 26.7 Å². The maximum Gasteiger partial charge on any atom is 0.196 e. The second-order valence-corrected chi connectivity index (χ2v) is 4.03. The van der Waals surface area contributed by atoms with E-state index in [0.717, 1.165) is 24.2 Å². The minimum absolute atomic E-state index is 0.0184. The number of ketones is 1. The molecule has 0 radical (unpaired) electrons. The number of carbonyl (C=O) groups is 1. The van der Waals surface area contributed by atoms with Gasteiger partial charge in [0.25, 0.3) is 0 Å². The maximum absolute atomic E-state index is 12.5. The predicted molar refractivity (Wildman–Crippen MR) is 70.7 cm³/mol. The van der Waals surface area contributed by atoms with Gasteiger partial charge in [-0.1, -0.05) is 13.8 Å². The highest BCUT2D eigenvalue weighted by Crippen LogP contribution is 2.15. The van der Waals surface area contributed by atoms with Gasteiger partial charge in [0, 0.05) is 23.5 Å². The third-order valence-corrected chi connectivity index (χ3v) is 2.94. The summed E-state index contributed by atoms with van der Waals surface area (Å²) >= 11 is 0. The number of aromatic nitrogens is 2. The van der Waals surface area contributed by atoms with Crippen molar-refractivity contribution in [1.29, 1.82) is 0 Å². The first-order chi connectivity index (χ1) is 8.77. The Labute approximate surface area is 107 Å². The van der Waals surface area contributed by atoms with E-state index in [9.17, 15) is 4.79 Å². The molecule has 0 aliphatic heterocycles. The average Bonchev–Trinajstić information content (AvgIpc) is 2.46. The number of pyridine rings is 2. The number of aryl methyl sites for hydroxylation is 2. The van der Waals surface area contributed by atoms with Crippen molar-refractivity contribution in [1.82, 2.24) is 9.97 Å². The van der Waals surface area contributed by atoms with Gasteiger partial charge in [-0.2, -0.15) is 0 Å². The van der Waals surface area contributed by atoms with Gasteiger partial charge < -0.3 is 0 Å². The van der Waals surface area contributed by atoms with Crippen LogP contribution in [-0.4, -0.2) is 15.8 Å². The summed E-state index contributed by atoms with van der Waals surface area (Å²) in [5.41, 5.74) is 3.05. The van der Waals surface area contributed by atoms with E-state index in [1.165, 1.54) is 0 Å². The Morgan fingerprint density at radius 3 is 1.78 bits per heavy atom. The fraction of sp³-hybridized carbons (Fsp3) is 0.267. The largest absolute Gasteiger partial charge is 0.288 e. The Bertz CT molecular complexity index is 514. The molecule has 0 aliphatic rings. The van der Waals surface area contributed by atoms with Crippen molar-refractivity contribution < 1.29 is 4.79 Å². The van der Waals surface area contributed by atoms with E-state index in [1.807, 2.05) is 26.0 Å². The zero-order valence-corrected chi connectivity index (χ0v) is 10.7. The number of hydrogen-bond acceptors (Lipinski definition) is 3. The minimum Gasteiger partial charge on any atom is -0.288 e. The number of nitrogens with zero attached hydrogens (tertiary/aromatic N) is 2. The van der Waals surface area contributed by atoms with Crippen LogP contribution in [0.25, 0.3) is 0 Å². The van der Waals surface area contributed by atoms with Gasteiger partial charge in [0.15, 0.2) is 5.78 Å². The lowest BCUT2D eigenvalue weighted by atomic mass is 9.99. The lowest BCUT2D eigenvalue weighted by molar-refractivity contribution is 0.103. The standard InChI is InChI=1S/C15H16N2O/c1-3-13-11(7-5-9-16-13)15(18)12-8-6-10-17-14(12)4-2/h5-10H,3-4H2,1-2H3. The van der Waals surface area contributed by atoms with Crippen molar-refractivity contribution in [2.75, 3.05) is 0 Å². The lowest BCUT2D eigenvalue weighted by Gasteiger charge is -2.08. The molecule has 0 fully saturated rings. The monoisotopic (exact) mass is 240 g/mol. The summed E-state index contributed by atoms with van der Waals surface area (Å²) < 4.78 is 0. The topological polar surface area (TPSA) is 42.9 Å². The van der Waals surface area contributed by atoms with Crippen LogP contribution in [0, 0.1) is 0 Å². The summed E-state index contributed by atoms with van der Waals surface area (Å²) in [5, 5.41) is 0. The molecule has 0 amide bonds. The van der Waals surface area contributed by atoms with Crippen LogP contribution in [0.1, 0.15) is 41.2 Å². The maximum atomic E-state index is 12.5. The number of rotatable bonds is 4. The predicted octanol–water partition coefficient (Wildman–Crippen LogP) is 2.83. The number of hydrogen-bond donors (Lipinski definition) is 0. The molecule has 0 spiro atoms. The number of carbonyl (C=O) groups excluding carboxylic acids is 1. The molecule has 2 aromatic rings. The van der Waals surface area contributed by atoms with Gasteiger partial charge >= 0.3 is 0 Å². The molecule has 0 N–H and O–H groups in total. The van der Waals surface area contributed by atoms with Crippen LogP contribution in [-0.2, 0) is 12.8 Å². The molecule has 92 valence electrons. The summed E-state index contributed by atoms with van der Waals surface area (Å²) in [4.78, 5) is 21.0. The third-order valence-electron chi connectivity index (χ3n) is 2.94. The summed E-state index contributed by atoms with van der Waals surface area (Å²) in [5.74, 6) is 0.0184. The highest BCUT2D eigenvalue weighted by atomic mass is 16.1. The normalized spacial score (nSPS) is 10.3. The second-order valence-electron chi connectivity index (χ2n) is 4.03. The van der Waals surface area contributed by atoms with Crippen LogP contribution in [0.2, 0.25) is 0 Å². The van der Waals surface area contributed by atoms with Crippen molar-refractivity contribution in [2.24, 2.45) is 0 Å². The second kappa shape index (κ2) is 5.54. The summed E-state index contributed by atoms with van der Waals surface area (Å²) in [7, 11) is 0. The lowest BCUT2D eigenvalue weighted by Crippen LogP contribution is -2.10. The highest BCUT2D eigenvalue weighted by Gasteiger charge is 2.16. The highest BCUT2D eigenvalue weighted by molar-refractivity contribution is 6.10. The van der Waals surface area contributed by atoms with Gasteiger partial charge in [0.1, 0.15) is 0 Å². The van der Waals surface area contributed by atoms with Gasteiger partial charge in [-0.15, -0.1) is 0 Å². The summed E-state index contributed by atoms with van der Waals surface area (Å²) in [6.07, 6.45) is 4.95. The average molecular weight is 240 g/mol. The molecule has 0 aromatic carbocycles. The van der Waals surface area contributed by atoms with Gasteiger partial charge in [-0.25, -0.2) is 0 Å². The SMILES string of the molecule is CCc1ncccc1C(=O)c1cccnc1CC. The molecule has 2 heterocycles. The van der Waals surface area contributed by atoms with Gasteiger partial charge in [-0.3, -0.25) is 14.8 Å². The Hall–Kier alpha value is -2.03. The smallest absolute Gasteiger partial charge is 0.196 e. The molecular weight excluding hydrogens is 224 g/mol. The quantitative estimate of drug-likeness (QED) is 0.772. The van der Waals surface area contributed by atoms with E-state index in [4.69, 9.17) is 0 Å². The minimum atomic E-state index is 0.0184. The van der Waals surface area contributed by atoms with Crippen LogP contribution < -0.4 is 0 Å². The van der Waals surface area contributed by atoms with Gasteiger partial charge in [-0.05, 0) is 37.1 Å².